The van der Waals surface area contributed by atoms with E-state index in [1.807, 2.05) is 66.9 Å². The highest BCUT2D eigenvalue weighted by Crippen LogP contribution is 2.32. The quantitative estimate of drug-likeness (QED) is 0.283. The Morgan fingerprint density at radius 1 is 1.10 bits per heavy atom. The Morgan fingerprint density at radius 3 is 2.64 bits per heavy atom. The summed E-state index contributed by atoms with van der Waals surface area (Å²) < 4.78 is 22.4. The first kappa shape index (κ1) is 27.5. The number of hydrogen-bond donors (Lipinski definition) is 2. The third-order valence-electron chi connectivity index (χ3n) is 7.30. The highest BCUT2D eigenvalue weighted by Gasteiger charge is 2.36. The number of halogens is 1. The molecule has 2 atom stereocenters. The van der Waals surface area contributed by atoms with Gasteiger partial charge in [-0.3, -0.25) is 14.6 Å². The molecule has 4 heterocycles. The molecule has 0 aliphatic carbocycles. The number of carbonyl (C=O) groups is 1. The molecule has 6 rings (SSSR count). The van der Waals surface area contributed by atoms with Gasteiger partial charge in [-0.05, 0) is 55.8 Å². The Bertz CT molecular complexity index is 1700. The molecule has 1 aliphatic heterocycles. The molecule has 2 aromatic carbocycles. The molecular weight excluding hydrogens is 539 g/mol. The number of nitrogens with one attached hydrogen (secondary N) is 2. The van der Waals surface area contributed by atoms with Crippen LogP contribution in [0.4, 0.5) is 15.0 Å². The molecule has 3 aromatic heterocycles. The molecule has 1 saturated heterocycles. The van der Waals surface area contributed by atoms with Gasteiger partial charge in [0.2, 0.25) is 0 Å². The largest absolute Gasteiger partial charge is 0.383 e. The fraction of sp³-hybridized carbons (Fsp3) is 0.267. The zero-order chi connectivity index (χ0) is 29.2. The number of nitrogens with zero attached hydrogens (tertiary/aromatic N) is 6. The van der Waals surface area contributed by atoms with Gasteiger partial charge in [-0.2, -0.15) is 10.2 Å². The summed E-state index contributed by atoms with van der Waals surface area (Å²) in [6.45, 7) is 5.23. The van der Waals surface area contributed by atoms with Crippen molar-refractivity contribution in [2.24, 2.45) is 0 Å². The van der Waals surface area contributed by atoms with Gasteiger partial charge in [0.25, 0.3) is 0 Å². The Labute approximate surface area is 241 Å². The number of methoxy groups -OCH3 is 1. The number of hydroxylamine groups is 2. The first-order chi connectivity index (χ1) is 20.4. The zero-order valence-corrected chi connectivity index (χ0v) is 23.5. The second-order valence-corrected chi connectivity index (χ2v) is 10.1. The number of urea groups is 1. The second-order valence-electron chi connectivity index (χ2n) is 10.1. The number of para-hydroxylation sites is 1. The van der Waals surface area contributed by atoms with Gasteiger partial charge in [-0.25, -0.2) is 13.9 Å². The van der Waals surface area contributed by atoms with E-state index in [1.165, 1.54) is 12.1 Å². The molecule has 0 saturated carbocycles. The Hall–Kier alpha value is -4.65. The number of aryl methyl sites for hydroxylation is 1. The van der Waals surface area contributed by atoms with Crippen LogP contribution in [-0.2, 0) is 9.57 Å². The normalized spacial score (nSPS) is 17.1. The monoisotopic (exact) mass is 570 g/mol. The maximum Gasteiger partial charge on any atom is 0.320 e. The van der Waals surface area contributed by atoms with Crippen LogP contribution in [0.5, 0.6) is 0 Å². The number of rotatable bonds is 8. The molecule has 1 aliphatic rings. The van der Waals surface area contributed by atoms with Crippen molar-refractivity contribution >= 4 is 17.5 Å². The lowest BCUT2D eigenvalue weighted by Gasteiger charge is -2.19. The van der Waals surface area contributed by atoms with Crippen LogP contribution in [0.1, 0.15) is 23.1 Å². The van der Waals surface area contributed by atoms with Gasteiger partial charge in [-0.1, -0.05) is 30.3 Å². The minimum absolute atomic E-state index is 0.339. The van der Waals surface area contributed by atoms with E-state index in [9.17, 15) is 9.18 Å². The molecule has 5 aromatic rings. The fourth-order valence-electron chi connectivity index (χ4n) is 5.14. The molecule has 2 N–H and O–H groups in total. The topological polar surface area (TPSA) is 111 Å². The van der Waals surface area contributed by atoms with Crippen molar-refractivity contribution in [3.63, 3.8) is 0 Å². The van der Waals surface area contributed by atoms with Gasteiger partial charge >= 0.3 is 6.03 Å². The summed E-state index contributed by atoms with van der Waals surface area (Å²) in [5, 5.41) is 21.1. The van der Waals surface area contributed by atoms with Gasteiger partial charge in [-0.15, -0.1) is 10.2 Å². The van der Waals surface area contributed by atoms with E-state index in [-0.39, 0.29) is 5.82 Å². The standard InChI is InChI=1S/C30H31FN8O3/c1-19-27(22-13-14-38-20(2)34-35-26(38)17-22)36-39(24-7-5-4-6-8-24)29(19)33-30(40)32-25-18-37(15-16-41-3)42-28(25)21-9-11-23(31)12-10-21/h4-14,17,25,28H,15-16,18H2,1-3H3,(H2,32,33,40)/t25-,28+/m1/s1. The molecule has 0 spiro atoms. The van der Waals surface area contributed by atoms with Gasteiger partial charge < -0.3 is 10.1 Å². The molecule has 42 heavy (non-hydrogen) atoms. The van der Waals surface area contributed by atoms with Crippen molar-refractivity contribution in [2.75, 3.05) is 32.1 Å². The second kappa shape index (κ2) is 11.7. The predicted molar refractivity (Wildman–Crippen MR) is 155 cm³/mol. The molecule has 0 radical (unpaired) electrons. The molecule has 2 amide bonds. The van der Waals surface area contributed by atoms with E-state index in [0.29, 0.717) is 36.9 Å². The van der Waals surface area contributed by atoms with Gasteiger partial charge in [0.05, 0.1) is 24.0 Å². The number of benzene rings is 2. The lowest BCUT2D eigenvalue weighted by atomic mass is 10.0. The van der Waals surface area contributed by atoms with Crippen molar-refractivity contribution in [2.45, 2.75) is 26.0 Å². The lowest BCUT2D eigenvalue weighted by molar-refractivity contribution is -0.154. The van der Waals surface area contributed by atoms with Crippen LogP contribution in [-0.4, -0.2) is 68.3 Å². The van der Waals surface area contributed by atoms with Crippen LogP contribution < -0.4 is 10.6 Å². The van der Waals surface area contributed by atoms with Crippen molar-refractivity contribution in [3.05, 3.63) is 95.7 Å². The third-order valence-corrected chi connectivity index (χ3v) is 7.30. The highest BCUT2D eigenvalue weighted by molar-refractivity contribution is 5.91. The minimum atomic E-state index is -0.498. The average Bonchev–Trinajstić information content (AvgIpc) is 3.68. The molecular formula is C30H31FN8O3. The lowest BCUT2D eigenvalue weighted by Crippen LogP contribution is -2.42. The van der Waals surface area contributed by atoms with Crippen molar-refractivity contribution in [1.29, 1.82) is 0 Å². The van der Waals surface area contributed by atoms with Gasteiger partial charge in [0.15, 0.2) is 5.65 Å². The van der Waals surface area contributed by atoms with Crippen molar-refractivity contribution in [3.8, 4) is 16.9 Å². The molecule has 216 valence electrons. The molecule has 0 bridgehead atoms. The van der Waals surface area contributed by atoms with E-state index in [2.05, 4.69) is 20.8 Å². The summed E-state index contributed by atoms with van der Waals surface area (Å²) in [4.78, 5) is 19.7. The molecule has 0 unspecified atom stereocenters. The first-order valence-corrected chi connectivity index (χ1v) is 13.6. The van der Waals surface area contributed by atoms with Crippen LogP contribution in [0, 0.1) is 19.7 Å². The van der Waals surface area contributed by atoms with Crippen LogP contribution in [0.2, 0.25) is 0 Å². The number of pyridine rings is 1. The molecule has 11 nitrogen and oxygen atoms in total. The maximum absolute atomic E-state index is 13.6. The van der Waals surface area contributed by atoms with E-state index in [1.54, 1.807) is 29.0 Å². The number of anilines is 1. The smallest absolute Gasteiger partial charge is 0.320 e. The number of carbonyl (C=O) groups excluding carboxylic acids is 1. The summed E-state index contributed by atoms with van der Waals surface area (Å²) in [5.74, 6) is 0.978. The Balaban J connectivity index is 1.30. The van der Waals surface area contributed by atoms with Gasteiger partial charge in [0, 0.05) is 37.5 Å². The number of amides is 2. The predicted octanol–water partition coefficient (Wildman–Crippen LogP) is 4.46. The van der Waals surface area contributed by atoms with E-state index < -0.39 is 18.2 Å². The Kier molecular flexibility index (Phi) is 7.66. The SMILES string of the molecule is COCCN1C[C@@H](NC(=O)Nc2c(C)c(-c3ccn4c(C)nnc4c3)nn2-c2ccccc2)[C@H](c2ccc(F)cc2)O1. The minimum Gasteiger partial charge on any atom is -0.383 e. The summed E-state index contributed by atoms with van der Waals surface area (Å²) in [5.41, 5.74) is 4.59. The number of hydrogen-bond acceptors (Lipinski definition) is 7. The van der Waals surface area contributed by atoms with Crippen molar-refractivity contribution < 1.29 is 18.8 Å². The number of aromatic nitrogens is 5. The van der Waals surface area contributed by atoms with E-state index in [4.69, 9.17) is 14.7 Å². The van der Waals surface area contributed by atoms with Crippen LogP contribution in [0.3, 0.4) is 0 Å². The molecule has 1 fully saturated rings. The Morgan fingerprint density at radius 2 is 1.88 bits per heavy atom. The average molecular weight is 571 g/mol. The summed E-state index contributed by atoms with van der Waals surface area (Å²) in [6, 6.07) is 18.8. The summed E-state index contributed by atoms with van der Waals surface area (Å²) in [7, 11) is 1.62. The van der Waals surface area contributed by atoms with Crippen LogP contribution in [0.25, 0.3) is 22.6 Å². The molecule has 12 heteroatoms. The third kappa shape index (κ3) is 5.47. The maximum atomic E-state index is 13.6. The van der Waals surface area contributed by atoms with Crippen molar-refractivity contribution in [1.82, 2.24) is 34.8 Å². The fourth-order valence-corrected chi connectivity index (χ4v) is 5.14. The summed E-state index contributed by atoms with van der Waals surface area (Å²) in [6.07, 6.45) is 1.41. The highest BCUT2D eigenvalue weighted by atomic mass is 19.1. The summed E-state index contributed by atoms with van der Waals surface area (Å²) >= 11 is 0. The number of ether oxygens (including phenoxy) is 1. The van der Waals surface area contributed by atoms with E-state index >= 15 is 0 Å². The zero-order valence-electron chi connectivity index (χ0n) is 23.5. The first-order valence-electron chi connectivity index (χ1n) is 13.6. The van der Waals surface area contributed by atoms with Gasteiger partial charge in [0.1, 0.15) is 23.6 Å². The number of fused-ring (bicyclic) bond motifs is 1. The van der Waals surface area contributed by atoms with Crippen LogP contribution in [0.15, 0.2) is 72.9 Å². The van der Waals surface area contributed by atoms with Crippen LogP contribution >= 0.6 is 0 Å². The van der Waals surface area contributed by atoms with E-state index in [0.717, 1.165) is 28.2 Å².